The van der Waals surface area contributed by atoms with Crippen molar-refractivity contribution in [1.29, 1.82) is 0 Å². The summed E-state index contributed by atoms with van der Waals surface area (Å²) in [7, 11) is 2.14. The summed E-state index contributed by atoms with van der Waals surface area (Å²) in [6.07, 6.45) is 4.34. The molecule has 0 N–H and O–H groups in total. The fourth-order valence-electron chi connectivity index (χ4n) is 1.61. The second-order valence-corrected chi connectivity index (χ2v) is 3.73. The third-order valence-electron chi connectivity index (χ3n) is 2.54. The molecule has 0 aromatic rings. The van der Waals surface area contributed by atoms with Gasteiger partial charge < -0.3 is 9.69 Å². The molecule has 1 unspecified atom stereocenters. The fraction of sp³-hybridized carbons (Fsp3) is 0.727. The predicted octanol–water partition coefficient (Wildman–Crippen LogP) is 1.31. The molecule has 1 heterocycles. The molecule has 0 aliphatic carbocycles. The van der Waals surface area contributed by atoms with Gasteiger partial charge in [0, 0.05) is 12.5 Å². The van der Waals surface area contributed by atoms with Gasteiger partial charge in [-0.25, -0.2) is 0 Å². The van der Waals surface area contributed by atoms with Gasteiger partial charge in [0.2, 0.25) is 0 Å². The Morgan fingerprint density at radius 3 is 3.00 bits per heavy atom. The van der Waals surface area contributed by atoms with Crippen molar-refractivity contribution in [3.63, 3.8) is 0 Å². The second-order valence-electron chi connectivity index (χ2n) is 3.73. The fourth-order valence-corrected chi connectivity index (χ4v) is 1.61. The lowest BCUT2D eigenvalue weighted by Gasteiger charge is -2.15. The van der Waals surface area contributed by atoms with E-state index in [9.17, 15) is 4.79 Å². The largest absolute Gasteiger partial charge is 0.302 e. The molecule has 2 nitrogen and oxygen atoms in total. The van der Waals surface area contributed by atoms with E-state index in [0.717, 1.165) is 12.7 Å². The number of rotatable bonds is 2. The number of carbonyl (C=O) groups is 1. The highest BCUT2D eigenvalue weighted by Gasteiger charge is 2.19. The van der Waals surface area contributed by atoms with E-state index in [0.29, 0.717) is 6.04 Å². The van der Waals surface area contributed by atoms with Crippen molar-refractivity contribution in [1.82, 2.24) is 4.90 Å². The first-order valence-corrected chi connectivity index (χ1v) is 4.88. The third kappa shape index (κ3) is 3.20. The van der Waals surface area contributed by atoms with E-state index in [1.54, 1.807) is 0 Å². The van der Waals surface area contributed by atoms with E-state index in [2.05, 4.69) is 23.8 Å². The van der Waals surface area contributed by atoms with Crippen LogP contribution in [0.5, 0.6) is 0 Å². The smallest absolute Gasteiger partial charge is 0.134 e. The summed E-state index contributed by atoms with van der Waals surface area (Å²) in [5, 5.41) is 0. The number of likely N-dealkylation sites (tertiary alicyclic amines) is 1. The normalized spacial score (nSPS) is 24.9. The number of hydrogen-bond donors (Lipinski definition) is 0. The van der Waals surface area contributed by atoms with Gasteiger partial charge in [0.1, 0.15) is 6.29 Å². The Bertz CT molecular complexity index is 226. The first-order chi connectivity index (χ1) is 6.24. The molecular weight excluding hydrogens is 162 g/mol. The zero-order chi connectivity index (χ0) is 9.68. The molecule has 0 bridgehead atoms. The SMILES string of the molecule is CC(C#CC[C@@H]1CCCN1C)C=O. The first kappa shape index (κ1) is 10.3. The lowest BCUT2D eigenvalue weighted by molar-refractivity contribution is -0.109. The zero-order valence-electron chi connectivity index (χ0n) is 8.42. The minimum absolute atomic E-state index is 0.105. The van der Waals surface area contributed by atoms with E-state index in [1.807, 2.05) is 6.92 Å². The average molecular weight is 179 g/mol. The molecule has 0 aromatic carbocycles. The first-order valence-electron chi connectivity index (χ1n) is 4.88. The van der Waals surface area contributed by atoms with E-state index in [-0.39, 0.29) is 5.92 Å². The number of aldehydes is 1. The van der Waals surface area contributed by atoms with Crippen LogP contribution in [0.15, 0.2) is 0 Å². The lowest BCUT2D eigenvalue weighted by Crippen LogP contribution is -2.24. The molecule has 1 fully saturated rings. The van der Waals surface area contributed by atoms with E-state index < -0.39 is 0 Å². The van der Waals surface area contributed by atoms with Crippen molar-refractivity contribution < 1.29 is 4.79 Å². The molecule has 1 rings (SSSR count). The standard InChI is InChI=1S/C11H17NO/c1-10(9-13)5-3-6-11-7-4-8-12(11)2/h9-11H,4,6-8H2,1-2H3/t10?,11-/m1/s1. The van der Waals surface area contributed by atoms with Crippen molar-refractivity contribution in [2.75, 3.05) is 13.6 Å². The lowest BCUT2D eigenvalue weighted by atomic mass is 10.1. The van der Waals surface area contributed by atoms with Crippen LogP contribution in [-0.4, -0.2) is 30.8 Å². The molecule has 72 valence electrons. The van der Waals surface area contributed by atoms with Gasteiger partial charge in [-0.2, -0.15) is 0 Å². The maximum absolute atomic E-state index is 10.3. The van der Waals surface area contributed by atoms with Crippen LogP contribution in [0, 0.1) is 17.8 Å². The van der Waals surface area contributed by atoms with Gasteiger partial charge in [-0.15, -0.1) is 5.92 Å². The molecule has 0 saturated carbocycles. The number of hydrogen-bond acceptors (Lipinski definition) is 2. The molecule has 1 aliphatic rings. The Balaban J connectivity index is 2.31. The van der Waals surface area contributed by atoms with Gasteiger partial charge in [-0.05, 0) is 33.4 Å². The molecule has 0 amide bonds. The van der Waals surface area contributed by atoms with Crippen molar-refractivity contribution in [3.05, 3.63) is 0 Å². The van der Waals surface area contributed by atoms with Gasteiger partial charge in [-0.1, -0.05) is 5.92 Å². The molecule has 2 atom stereocenters. The predicted molar refractivity (Wildman–Crippen MR) is 53.3 cm³/mol. The Morgan fingerprint density at radius 2 is 2.46 bits per heavy atom. The summed E-state index contributed by atoms with van der Waals surface area (Å²) in [5.41, 5.74) is 0. The quantitative estimate of drug-likeness (QED) is 0.470. The van der Waals surface area contributed by atoms with Crippen molar-refractivity contribution >= 4 is 6.29 Å². The van der Waals surface area contributed by atoms with E-state index in [4.69, 9.17) is 0 Å². The van der Waals surface area contributed by atoms with Gasteiger partial charge in [0.05, 0.1) is 5.92 Å². The summed E-state index contributed by atoms with van der Waals surface area (Å²) >= 11 is 0. The van der Waals surface area contributed by atoms with Gasteiger partial charge in [-0.3, -0.25) is 0 Å². The average Bonchev–Trinajstić information content (AvgIpc) is 2.52. The summed E-state index contributed by atoms with van der Waals surface area (Å²) in [5.74, 6) is 5.92. The summed E-state index contributed by atoms with van der Waals surface area (Å²) < 4.78 is 0. The van der Waals surface area contributed by atoms with Crippen LogP contribution in [0.25, 0.3) is 0 Å². The van der Waals surface area contributed by atoms with Gasteiger partial charge in [0.15, 0.2) is 0 Å². The Labute approximate surface area is 80.3 Å². The molecular formula is C11H17NO. The minimum Gasteiger partial charge on any atom is -0.302 e. The Kier molecular flexibility index (Phi) is 3.98. The summed E-state index contributed by atoms with van der Waals surface area (Å²) in [4.78, 5) is 12.6. The van der Waals surface area contributed by atoms with Crippen molar-refractivity contribution in [3.8, 4) is 11.8 Å². The molecule has 0 radical (unpaired) electrons. The molecule has 1 saturated heterocycles. The van der Waals surface area contributed by atoms with Crippen LogP contribution in [-0.2, 0) is 4.79 Å². The molecule has 0 aromatic heterocycles. The van der Waals surface area contributed by atoms with E-state index in [1.165, 1.54) is 19.4 Å². The highest BCUT2D eigenvalue weighted by Crippen LogP contribution is 2.16. The van der Waals surface area contributed by atoms with Crippen molar-refractivity contribution in [2.45, 2.75) is 32.2 Å². The van der Waals surface area contributed by atoms with Crippen LogP contribution in [0.3, 0.4) is 0 Å². The maximum atomic E-state index is 10.3. The van der Waals surface area contributed by atoms with Gasteiger partial charge in [0.25, 0.3) is 0 Å². The minimum atomic E-state index is -0.105. The Hall–Kier alpha value is -0.810. The number of nitrogens with zero attached hydrogens (tertiary/aromatic N) is 1. The van der Waals surface area contributed by atoms with Crippen LogP contribution >= 0.6 is 0 Å². The second kappa shape index (κ2) is 5.04. The summed E-state index contributed by atoms with van der Waals surface area (Å²) in [6, 6.07) is 0.617. The number of carbonyl (C=O) groups excluding carboxylic acids is 1. The van der Waals surface area contributed by atoms with Crippen LogP contribution in [0.1, 0.15) is 26.2 Å². The molecule has 2 heteroatoms. The molecule has 1 aliphatic heterocycles. The van der Waals surface area contributed by atoms with E-state index >= 15 is 0 Å². The monoisotopic (exact) mass is 179 g/mol. The summed E-state index contributed by atoms with van der Waals surface area (Å²) in [6.45, 7) is 3.02. The van der Waals surface area contributed by atoms with Crippen molar-refractivity contribution in [2.24, 2.45) is 5.92 Å². The highest BCUT2D eigenvalue weighted by atomic mass is 16.1. The van der Waals surface area contributed by atoms with Crippen LogP contribution < -0.4 is 0 Å². The van der Waals surface area contributed by atoms with Crippen LogP contribution in [0.2, 0.25) is 0 Å². The van der Waals surface area contributed by atoms with Crippen LogP contribution in [0.4, 0.5) is 0 Å². The maximum Gasteiger partial charge on any atom is 0.134 e. The Morgan fingerprint density at radius 1 is 1.69 bits per heavy atom. The molecule has 13 heavy (non-hydrogen) atoms. The highest BCUT2D eigenvalue weighted by molar-refractivity contribution is 5.57. The topological polar surface area (TPSA) is 20.3 Å². The third-order valence-corrected chi connectivity index (χ3v) is 2.54. The molecule has 0 spiro atoms. The van der Waals surface area contributed by atoms with Gasteiger partial charge >= 0.3 is 0 Å². The zero-order valence-corrected chi connectivity index (χ0v) is 8.42.